The number of nitro benzene ring substituents is 1. The zero-order chi connectivity index (χ0) is 15.6. The Balaban J connectivity index is 2.34. The minimum absolute atomic E-state index is 0.170. The summed E-state index contributed by atoms with van der Waals surface area (Å²) in [5.74, 6) is -1.76. The van der Waals surface area contributed by atoms with Gasteiger partial charge in [-0.25, -0.2) is 4.39 Å². The number of aromatic hydroxyl groups is 1. The second kappa shape index (κ2) is 5.76. The summed E-state index contributed by atoms with van der Waals surface area (Å²) in [6.45, 7) is 0. The first-order valence-corrected chi connectivity index (χ1v) is 6.00. The third kappa shape index (κ3) is 3.26. The number of hydrogen-bond acceptors (Lipinski definition) is 4. The maximum Gasteiger partial charge on any atom is 0.282 e. The summed E-state index contributed by atoms with van der Waals surface area (Å²) < 4.78 is 13.0. The Morgan fingerprint density at radius 2 is 2.00 bits per heavy atom. The van der Waals surface area contributed by atoms with Crippen LogP contribution in [0.25, 0.3) is 0 Å². The normalized spacial score (nSPS) is 10.2. The van der Waals surface area contributed by atoms with Gasteiger partial charge in [-0.3, -0.25) is 14.9 Å². The maximum atomic E-state index is 13.0. The van der Waals surface area contributed by atoms with Crippen LogP contribution in [0.1, 0.15) is 10.4 Å². The van der Waals surface area contributed by atoms with E-state index in [0.29, 0.717) is 0 Å². The molecule has 0 unspecified atom stereocenters. The first-order valence-electron chi connectivity index (χ1n) is 5.62. The summed E-state index contributed by atoms with van der Waals surface area (Å²) in [4.78, 5) is 22.1. The van der Waals surface area contributed by atoms with Crippen molar-refractivity contribution >= 4 is 28.9 Å². The molecule has 2 N–H and O–H groups in total. The number of anilines is 1. The molecule has 0 fully saturated rings. The van der Waals surface area contributed by atoms with E-state index >= 15 is 0 Å². The monoisotopic (exact) mass is 310 g/mol. The van der Waals surface area contributed by atoms with Crippen molar-refractivity contribution in [1.82, 2.24) is 0 Å². The van der Waals surface area contributed by atoms with Gasteiger partial charge in [0.2, 0.25) is 0 Å². The molecule has 108 valence electrons. The van der Waals surface area contributed by atoms with E-state index in [2.05, 4.69) is 5.32 Å². The fourth-order valence-electron chi connectivity index (χ4n) is 1.64. The van der Waals surface area contributed by atoms with Gasteiger partial charge in [0.25, 0.3) is 11.6 Å². The van der Waals surface area contributed by atoms with Crippen molar-refractivity contribution in [2.24, 2.45) is 0 Å². The predicted octanol–water partition coefficient (Wildman–Crippen LogP) is 3.35. The number of amides is 1. The van der Waals surface area contributed by atoms with E-state index in [-0.39, 0.29) is 22.0 Å². The number of hydrogen-bond donors (Lipinski definition) is 2. The number of rotatable bonds is 3. The van der Waals surface area contributed by atoms with Crippen LogP contribution in [-0.4, -0.2) is 15.9 Å². The van der Waals surface area contributed by atoms with Crippen LogP contribution in [-0.2, 0) is 0 Å². The quantitative estimate of drug-likeness (QED) is 0.671. The molecule has 2 aromatic carbocycles. The molecule has 0 aromatic heterocycles. The van der Waals surface area contributed by atoms with Gasteiger partial charge >= 0.3 is 0 Å². The molecule has 21 heavy (non-hydrogen) atoms. The Kier molecular flexibility index (Phi) is 4.04. The fraction of sp³-hybridized carbons (Fsp3) is 0. The van der Waals surface area contributed by atoms with Gasteiger partial charge in [-0.1, -0.05) is 11.6 Å². The molecule has 1 amide bonds. The fourth-order valence-corrected chi connectivity index (χ4v) is 1.82. The van der Waals surface area contributed by atoms with Crippen LogP contribution in [0.3, 0.4) is 0 Å². The molecule has 0 heterocycles. The molecular formula is C13H8ClFN2O4. The topological polar surface area (TPSA) is 92.5 Å². The molecule has 0 atom stereocenters. The van der Waals surface area contributed by atoms with Crippen molar-refractivity contribution in [1.29, 1.82) is 0 Å². The van der Waals surface area contributed by atoms with Gasteiger partial charge in [0, 0.05) is 11.8 Å². The lowest BCUT2D eigenvalue weighted by Gasteiger charge is -2.07. The molecule has 0 aliphatic rings. The zero-order valence-electron chi connectivity index (χ0n) is 10.3. The lowest BCUT2D eigenvalue weighted by atomic mass is 10.1. The molecule has 0 saturated heterocycles. The number of carbonyl (C=O) groups excluding carboxylic acids is 1. The number of halogens is 2. The first kappa shape index (κ1) is 14.7. The first-order chi connectivity index (χ1) is 9.88. The van der Waals surface area contributed by atoms with Crippen LogP contribution < -0.4 is 5.32 Å². The van der Waals surface area contributed by atoms with E-state index in [0.717, 1.165) is 24.3 Å². The van der Waals surface area contributed by atoms with Gasteiger partial charge in [0.05, 0.1) is 9.95 Å². The molecule has 2 aromatic rings. The number of nitrogens with zero attached hydrogens (tertiary/aromatic N) is 1. The van der Waals surface area contributed by atoms with Crippen LogP contribution in [0.15, 0.2) is 36.4 Å². The van der Waals surface area contributed by atoms with Crippen molar-refractivity contribution in [2.45, 2.75) is 0 Å². The molecule has 2 rings (SSSR count). The Bertz CT molecular complexity index is 736. The third-order valence-electron chi connectivity index (χ3n) is 2.60. The molecule has 0 bridgehead atoms. The molecule has 0 saturated carbocycles. The lowest BCUT2D eigenvalue weighted by Crippen LogP contribution is -2.14. The highest BCUT2D eigenvalue weighted by molar-refractivity contribution is 6.31. The van der Waals surface area contributed by atoms with E-state index in [1.54, 1.807) is 0 Å². The molecule has 0 aliphatic heterocycles. The second-order valence-corrected chi connectivity index (χ2v) is 4.45. The average molecular weight is 311 g/mol. The summed E-state index contributed by atoms with van der Waals surface area (Å²) in [6.07, 6.45) is 0. The van der Waals surface area contributed by atoms with Crippen molar-refractivity contribution in [3.63, 3.8) is 0 Å². The molecule has 0 aliphatic carbocycles. The van der Waals surface area contributed by atoms with E-state index in [1.165, 1.54) is 12.1 Å². The predicted molar refractivity (Wildman–Crippen MR) is 74.1 cm³/mol. The van der Waals surface area contributed by atoms with Crippen molar-refractivity contribution in [2.75, 3.05) is 5.32 Å². The number of carbonyl (C=O) groups is 1. The summed E-state index contributed by atoms with van der Waals surface area (Å²) in [7, 11) is 0. The number of nitrogens with one attached hydrogen (secondary N) is 1. The number of benzene rings is 2. The molecule has 6 nitrogen and oxygen atoms in total. The Labute approximate surface area is 122 Å². The molecular weight excluding hydrogens is 303 g/mol. The highest BCUT2D eigenvalue weighted by Crippen LogP contribution is 2.25. The average Bonchev–Trinajstić information content (AvgIpc) is 2.42. The highest BCUT2D eigenvalue weighted by atomic mass is 35.5. The third-order valence-corrected chi connectivity index (χ3v) is 2.89. The SMILES string of the molecule is O=C(Nc1ccc(F)c(Cl)c1)c1cc(O)ccc1[N+](=O)[O-]. The van der Waals surface area contributed by atoms with E-state index < -0.39 is 22.3 Å². The van der Waals surface area contributed by atoms with E-state index in [9.17, 15) is 24.4 Å². The summed E-state index contributed by atoms with van der Waals surface area (Å²) in [5, 5.41) is 22.4. The highest BCUT2D eigenvalue weighted by Gasteiger charge is 2.21. The minimum Gasteiger partial charge on any atom is -0.508 e. The Morgan fingerprint density at radius 1 is 1.29 bits per heavy atom. The summed E-state index contributed by atoms with van der Waals surface area (Å²) in [6, 6.07) is 6.57. The van der Waals surface area contributed by atoms with Crippen LogP contribution in [0.2, 0.25) is 5.02 Å². The van der Waals surface area contributed by atoms with E-state index in [4.69, 9.17) is 11.6 Å². The Morgan fingerprint density at radius 3 is 2.62 bits per heavy atom. The van der Waals surface area contributed by atoms with Gasteiger partial charge in [-0.15, -0.1) is 0 Å². The van der Waals surface area contributed by atoms with Crippen LogP contribution in [0, 0.1) is 15.9 Å². The second-order valence-electron chi connectivity index (χ2n) is 4.04. The van der Waals surface area contributed by atoms with Gasteiger partial charge < -0.3 is 10.4 Å². The summed E-state index contributed by atoms with van der Waals surface area (Å²) in [5.41, 5.74) is -0.608. The van der Waals surface area contributed by atoms with Gasteiger partial charge in [-0.05, 0) is 30.3 Å². The van der Waals surface area contributed by atoms with Gasteiger partial charge in [0.15, 0.2) is 0 Å². The molecule has 0 spiro atoms. The summed E-state index contributed by atoms with van der Waals surface area (Å²) >= 11 is 5.58. The molecule has 0 radical (unpaired) electrons. The van der Waals surface area contributed by atoms with Crippen LogP contribution in [0.5, 0.6) is 5.75 Å². The van der Waals surface area contributed by atoms with Crippen molar-refractivity contribution < 1.29 is 19.2 Å². The van der Waals surface area contributed by atoms with Crippen LogP contribution >= 0.6 is 11.6 Å². The standard InChI is InChI=1S/C13H8ClFN2O4/c14-10-5-7(1-3-11(10)15)16-13(19)9-6-8(18)2-4-12(9)17(20)21/h1-6,18H,(H,16,19). The van der Waals surface area contributed by atoms with Crippen LogP contribution in [0.4, 0.5) is 15.8 Å². The van der Waals surface area contributed by atoms with E-state index in [1.807, 2.05) is 0 Å². The largest absolute Gasteiger partial charge is 0.508 e. The Hall–Kier alpha value is -2.67. The maximum absolute atomic E-state index is 13.0. The lowest BCUT2D eigenvalue weighted by molar-refractivity contribution is -0.385. The van der Waals surface area contributed by atoms with Crippen molar-refractivity contribution in [3.8, 4) is 5.75 Å². The molecule has 8 heteroatoms. The zero-order valence-corrected chi connectivity index (χ0v) is 11.1. The smallest absolute Gasteiger partial charge is 0.282 e. The number of phenolic OH excluding ortho intramolecular Hbond substituents is 1. The van der Waals surface area contributed by atoms with Gasteiger partial charge in [0.1, 0.15) is 17.1 Å². The number of nitro groups is 1. The minimum atomic E-state index is -0.819. The van der Waals surface area contributed by atoms with Crippen molar-refractivity contribution in [3.05, 3.63) is 62.9 Å². The van der Waals surface area contributed by atoms with Gasteiger partial charge in [-0.2, -0.15) is 0 Å². The number of phenols is 1.